The lowest BCUT2D eigenvalue weighted by molar-refractivity contribution is 0.292. The van der Waals surface area contributed by atoms with Gasteiger partial charge in [-0.25, -0.2) is 4.39 Å². The van der Waals surface area contributed by atoms with Crippen LogP contribution in [0.4, 0.5) is 4.39 Å². The van der Waals surface area contributed by atoms with Gasteiger partial charge >= 0.3 is 0 Å². The molecule has 176 valence electrons. The molecule has 0 spiro atoms. The Balaban J connectivity index is 1.43. The second kappa shape index (κ2) is 9.94. The molecule has 0 unspecified atom stereocenters. The van der Waals surface area contributed by atoms with Gasteiger partial charge < -0.3 is 9.47 Å². The van der Waals surface area contributed by atoms with Gasteiger partial charge in [0.25, 0.3) is 5.56 Å². The number of fused-ring (bicyclic) bond motifs is 1. The Labute approximate surface area is 203 Å². The summed E-state index contributed by atoms with van der Waals surface area (Å²) in [7, 11) is 1.59. The third-order valence-corrected chi connectivity index (χ3v) is 6.06. The second-order valence-electron chi connectivity index (χ2n) is 7.33. The van der Waals surface area contributed by atoms with Crippen molar-refractivity contribution >= 4 is 22.7 Å². The molecule has 0 aliphatic carbocycles. The molecule has 3 aromatic carbocycles. The molecular weight excluding hydrogens is 471 g/mol. The number of aromatic nitrogens is 6. The minimum absolute atomic E-state index is 0.0456. The summed E-state index contributed by atoms with van der Waals surface area (Å²) < 4.78 is 28.6. The fraction of sp³-hybridized carbons (Fsp3) is 0.125. The smallest absolute Gasteiger partial charge is 0.278 e. The average Bonchev–Trinajstić information content (AvgIpc) is 3.30. The van der Waals surface area contributed by atoms with Crippen LogP contribution >= 0.6 is 11.8 Å². The van der Waals surface area contributed by atoms with Crippen LogP contribution in [0.2, 0.25) is 0 Å². The molecule has 0 fully saturated rings. The molecule has 35 heavy (non-hydrogen) atoms. The Bertz CT molecular complexity index is 1540. The number of benzene rings is 3. The molecule has 0 amide bonds. The average molecular weight is 491 g/mol. The highest BCUT2D eigenvalue weighted by Gasteiger charge is 2.18. The molecule has 0 aliphatic rings. The van der Waals surface area contributed by atoms with E-state index >= 15 is 0 Å². The number of halogens is 1. The monoisotopic (exact) mass is 490 g/mol. The van der Waals surface area contributed by atoms with Crippen molar-refractivity contribution in [3.8, 4) is 17.2 Å². The molecule has 0 N–H and O–H groups in total. The number of rotatable bonds is 8. The Kier molecular flexibility index (Phi) is 6.40. The van der Waals surface area contributed by atoms with Crippen molar-refractivity contribution < 1.29 is 13.9 Å². The lowest BCUT2D eigenvalue weighted by atomic mass is 10.2. The topological polar surface area (TPSA) is 97.0 Å². The van der Waals surface area contributed by atoms with Gasteiger partial charge in [0.1, 0.15) is 29.4 Å². The van der Waals surface area contributed by atoms with Gasteiger partial charge in [0.05, 0.1) is 24.1 Å². The van der Waals surface area contributed by atoms with Gasteiger partial charge in [0.2, 0.25) is 0 Å². The van der Waals surface area contributed by atoms with Crippen LogP contribution in [0.3, 0.4) is 0 Å². The molecule has 2 aromatic heterocycles. The third kappa shape index (κ3) is 4.71. The summed E-state index contributed by atoms with van der Waals surface area (Å²) in [6, 6.07) is 20.4. The van der Waals surface area contributed by atoms with E-state index in [1.807, 2.05) is 0 Å². The van der Waals surface area contributed by atoms with E-state index in [0.29, 0.717) is 33.4 Å². The Morgan fingerprint density at radius 1 is 0.914 bits per heavy atom. The van der Waals surface area contributed by atoms with Crippen molar-refractivity contribution in [2.45, 2.75) is 17.6 Å². The van der Waals surface area contributed by atoms with Gasteiger partial charge in [0, 0.05) is 0 Å². The van der Waals surface area contributed by atoms with Crippen LogP contribution in [-0.4, -0.2) is 36.9 Å². The van der Waals surface area contributed by atoms with Crippen molar-refractivity contribution in [1.82, 2.24) is 29.8 Å². The molecule has 0 saturated carbocycles. The van der Waals surface area contributed by atoms with Gasteiger partial charge in [-0.05, 0) is 48.5 Å². The summed E-state index contributed by atoms with van der Waals surface area (Å²) in [5.74, 6) is 1.37. The summed E-state index contributed by atoms with van der Waals surface area (Å²) in [4.78, 5) is 12.8. The summed E-state index contributed by atoms with van der Waals surface area (Å²) in [5, 5.41) is 17.4. The Morgan fingerprint density at radius 2 is 1.66 bits per heavy atom. The van der Waals surface area contributed by atoms with Crippen molar-refractivity contribution in [2.75, 3.05) is 7.11 Å². The predicted molar refractivity (Wildman–Crippen MR) is 128 cm³/mol. The summed E-state index contributed by atoms with van der Waals surface area (Å²) >= 11 is 1.18. The van der Waals surface area contributed by atoms with E-state index in [1.165, 1.54) is 22.5 Å². The summed E-state index contributed by atoms with van der Waals surface area (Å²) in [6.45, 7) is 0.0456. The second-order valence-corrected chi connectivity index (χ2v) is 8.25. The summed E-state index contributed by atoms with van der Waals surface area (Å²) in [6.07, 6.45) is 0. The largest absolute Gasteiger partial charge is 0.497 e. The fourth-order valence-electron chi connectivity index (χ4n) is 3.41. The Hall–Kier alpha value is -4.25. The van der Waals surface area contributed by atoms with Crippen LogP contribution in [0.1, 0.15) is 5.82 Å². The molecular formula is C24H19FN6O3S. The van der Waals surface area contributed by atoms with Crippen LogP contribution < -0.4 is 15.0 Å². The normalized spacial score (nSPS) is 11.0. The molecule has 5 aromatic rings. The van der Waals surface area contributed by atoms with Gasteiger partial charge in [0.15, 0.2) is 11.0 Å². The van der Waals surface area contributed by atoms with E-state index < -0.39 is 5.82 Å². The van der Waals surface area contributed by atoms with Crippen LogP contribution in [0.25, 0.3) is 16.6 Å². The van der Waals surface area contributed by atoms with Crippen LogP contribution in [0, 0.1) is 5.82 Å². The van der Waals surface area contributed by atoms with Gasteiger partial charge in [-0.1, -0.05) is 41.2 Å². The molecule has 0 bridgehead atoms. The Morgan fingerprint density at radius 3 is 2.46 bits per heavy atom. The molecule has 0 saturated heterocycles. The maximum absolute atomic E-state index is 14.7. The van der Waals surface area contributed by atoms with Gasteiger partial charge in [-0.15, -0.1) is 15.3 Å². The molecule has 5 rings (SSSR count). The lowest BCUT2D eigenvalue weighted by Crippen LogP contribution is -2.23. The van der Waals surface area contributed by atoms with Crippen molar-refractivity contribution in [2.24, 2.45) is 0 Å². The van der Waals surface area contributed by atoms with E-state index in [-0.39, 0.29) is 23.7 Å². The maximum atomic E-state index is 14.7. The predicted octanol–water partition coefficient (Wildman–Crippen LogP) is 3.85. The molecule has 0 radical (unpaired) electrons. The van der Waals surface area contributed by atoms with E-state index in [0.717, 1.165) is 0 Å². The first-order chi connectivity index (χ1) is 17.1. The van der Waals surface area contributed by atoms with Crippen LogP contribution in [0.15, 0.2) is 82.7 Å². The zero-order valence-electron chi connectivity index (χ0n) is 18.5. The zero-order valence-corrected chi connectivity index (χ0v) is 19.4. The standard InChI is InChI=1S/C24H19FN6O3S/c1-33-16-10-12-17(13-11-16)34-14-22-27-28-24(31(22)21-9-5-3-7-19(21)25)35-15-30-23(32)18-6-2-4-8-20(18)26-29-30/h2-13H,14-15H2,1H3. The highest BCUT2D eigenvalue weighted by molar-refractivity contribution is 7.98. The zero-order chi connectivity index (χ0) is 24.2. The minimum Gasteiger partial charge on any atom is -0.497 e. The van der Waals surface area contributed by atoms with E-state index in [4.69, 9.17) is 9.47 Å². The number of nitrogens with zero attached hydrogens (tertiary/aromatic N) is 6. The number of methoxy groups -OCH3 is 1. The number of para-hydroxylation sites is 1. The first-order valence-electron chi connectivity index (χ1n) is 10.6. The quantitative estimate of drug-likeness (QED) is 0.303. The molecule has 0 atom stereocenters. The first-order valence-corrected chi connectivity index (χ1v) is 11.5. The SMILES string of the molecule is COc1ccc(OCc2nnc(SCn3nnc4ccccc4c3=O)n2-c2ccccc2F)cc1. The minimum atomic E-state index is -0.442. The lowest BCUT2D eigenvalue weighted by Gasteiger charge is -2.12. The number of hydrogen-bond donors (Lipinski definition) is 0. The molecule has 0 aliphatic heterocycles. The van der Waals surface area contributed by atoms with Crippen LogP contribution in [-0.2, 0) is 12.5 Å². The van der Waals surface area contributed by atoms with Crippen molar-refractivity contribution in [3.05, 3.63) is 94.8 Å². The number of ether oxygens (including phenoxy) is 2. The summed E-state index contributed by atoms with van der Waals surface area (Å²) in [5.41, 5.74) is 0.514. The maximum Gasteiger partial charge on any atom is 0.278 e. The number of thioether (sulfide) groups is 1. The van der Waals surface area contributed by atoms with Gasteiger partial charge in [-0.3, -0.25) is 9.36 Å². The van der Waals surface area contributed by atoms with Gasteiger partial charge in [-0.2, -0.15) is 4.68 Å². The van der Waals surface area contributed by atoms with Crippen molar-refractivity contribution in [1.29, 1.82) is 0 Å². The van der Waals surface area contributed by atoms with E-state index in [2.05, 4.69) is 20.5 Å². The van der Waals surface area contributed by atoms with E-state index in [9.17, 15) is 9.18 Å². The molecule has 2 heterocycles. The van der Waals surface area contributed by atoms with Crippen LogP contribution in [0.5, 0.6) is 11.5 Å². The highest BCUT2D eigenvalue weighted by atomic mass is 32.2. The molecule has 11 heteroatoms. The van der Waals surface area contributed by atoms with Crippen molar-refractivity contribution in [3.63, 3.8) is 0 Å². The van der Waals surface area contributed by atoms with E-state index in [1.54, 1.807) is 78.4 Å². The fourth-order valence-corrected chi connectivity index (χ4v) is 4.25. The highest BCUT2D eigenvalue weighted by Crippen LogP contribution is 2.26. The number of hydrogen-bond acceptors (Lipinski definition) is 8. The first kappa shape index (κ1) is 22.5. The molecule has 9 nitrogen and oxygen atoms in total. The third-order valence-electron chi connectivity index (χ3n) is 5.17.